The van der Waals surface area contributed by atoms with E-state index >= 15 is 0 Å². The van der Waals surface area contributed by atoms with E-state index in [1.165, 1.54) is 10.3 Å². The number of nitrogen functional groups attached to an aromatic ring is 1. The molecule has 3 rings (SSSR count). The number of hydrogen-bond donors (Lipinski definition) is 1. The Labute approximate surface area is 114 Å². The standard InChI is InChI=1S/C14H11ClN2S/c1-8-2-5-12-13(6-8)18-14(17-12)9-3-4-10(15)11(16)7-9/h2-7H,16H2,1H3. The fraction of sp³-hybridized carbons (Fsp3) is 0.0714. The van der Waals surface area contributed by atoms with Gasteiger partial charge in [0.1, 0.15) is 5.01 Å². The van der Waals surface area contributed by atoms with Gasteiger partial charge >= 0.3 is 0 Å². The van der Waals surface area contributed by atoms with E-state index in [-0.39, 0.29) is 0 Å². The molecule has 0 bridgehead atoms. The van der Waals surface area contributed by atoms with E-state index in [0.717, 1.165) is 16.1 Å². The highest BCUT2D eigenvalue weighted by molar-refractivity contribution is 7.21. The monoisotopic (exact) mass is 274 g/mol. The molecule has 4 heteroatoms. The Hall–Kier alpha value is -1.58. The Bertz CT molecular complexity index is 734. The predicted molar refractivity (Wildman–Crippen MR) is 79.2 cm³/mol. The molecule has 0 radical (unpaired) electrons. The minimum absolute atomic E-state index is 0.579. The molecule has 0 aliphatic carbocycles. The molecule has 2 nitrogen and oxygen atoms in total. The lowest BCUT2D eigenvalue weighted by Crippen LogP contribution is -1.86. The maximum absolute atomic E-state index is 5.93. The summed E-state index contributed by atoms with van der Waals surface area (Å²) in [5.74, 6) is 0. The molecular weight excluding hydrogens is 264 g/mol. The van der Waals surface area contributed by atoms with Crippen LogP contribution in [0.2, 0.25) is 5.02 Å². The molecule has 0 spiro atoms. The quantitative estimate of drug-likeness (QED) is 0.663. The Morgan fingerprint density at radius 3 is 2.78 bits per heavy atom. The lowest BCUT2D eigenvalue weighted by Gasteiger charge is -2.00. The summed E-state index contributed by atoms with van der Waals surface area (Å²) in [6.45, 7) is 2.08. The molecule has 0 saturated carbocycles. The summed E-state index contributed by atoms with van der Waals surface area (Å²) in [6, 6.07) is 11.9. The Kier molecular flexibility index (Phi) is 2.73. The van der Waals surface area contributed by atoms with E-state index < -0.39 is 0 Å². The van der Waals surface area contributed by atoms with Crippen molar-refractivity contribution in [2.24, 2.45) is 0 Å². The Balaban J connectivity index is 2.16. The van der Waals surface area contributed by atoms with Crippen LogP contribution in [0.25, 0.3) is 20.8 Å². The van der Waals surface area contributed by atoms with Gasteiger partial charge in [0.05, 0.1) is 20.9 Å². The molecule has 1 heterocycles. The number of aromatic nitrogens is 1. The van der Waals surface area contributed by atoms with Crippen LogP contribution >= 0.6 is 22.9 Å². The summed E-state index contributed by atoms with van der Waals surface area (Å²) in [4.78, 5) is 4.61. The van der Waals surface area contributed by atoms with Crippen molar-refractivity contribution in [3.05, 3.63) is 47.0 Å². The molecule has 18 heavy (non-hydrogen) atoms. The van der Waals surface area contributed by atoms with Crippen LogP contribution in [0, 0.1) is 6.92 Å². The van der Waals surface area contributed by atoms with Crippen molar-refractivity contribution in [2.75, 3.05) is 5.73 Å². The highest BCUT2D eigenvalue weighted by atomic mass is 35.5. The van der Waals surface area contributed by atoms with Crippen LogP contribution in [-0.4, -0.2) is 4.98 Å². The number of rotatable bonds is 1. The Morgan fingerprint density at radius 1 is 1.17 bits per heavy atom. The minimum atomic E-state index is 0.579. The maximum Gasteiger partial charge on any atom is 0.124 e. The van der Waals surface area contributed by atoms with E-state index in [4.69, 9.17) is 17.3 Å². The Morgan fingerprint density at radius 2 is 2.00 bits per heavy atom. The van der Waals surface area contributed by atoms with Crippen LogP contribution in [0.5, 0.6) is 0 Å². The molecular formula is C14H11ClN2S. The number of benzene rings is 2. The van der Waals surface area contributed by atoms with Gasteiger partial charge in [-0.2, -0.15) is 0 Å². The second-order valence-corrected chi connectivity index (χ2v) is 5.66. The fourth-order valence-corrected chi connectivity index (χ4v) is 3.01. The first-order valence-electron chi connectivity index (χ1n) is 5.56. The van der Waals surface area contributed by atoms with Crippen LogP contribution in [0.15, 0.2) is 36.4 Å². The first kappa shape index (κ1) is 11.5. The average molecular weight is 275 g/mol. The predicted octanol–water partition coefficient (Wildman–Crippen LogP) is 4.51. The van der Waals surface area contributed by atoms with Gasteiger partial charge in [0.2, 0.25) is 0 Å². The lowest BCUT2D eigenvalue weighted by molar-refractivity contribution is 1.45. The van der Waals surface area contributed by atoms with E-state index in [2.05, 4.69) is 24.0 Å². The van der Waals surface area contributed by atoms with Crippen molar-refractivity contribution in [1.29, 1.82) is 0 Å². The van der Waals surface area contributed by atoms with Crippen molar-refractivity contribution < 1.29 is 0 Å². The molecule has 0 aliphatic heterocycles. The smallest absolute Gasteiger partial charge is 0.124 e. The van der Waals surface area contributed by atoms with Gasteiger partial charge in [0.15, 0.2) is 0 Å². The number of anilines is 1. The number of halogens is 1. The molecule has 0 saturated heterocycles. The van der Waals surface area contributed by atoms with Gasteiger partial charge in [-0.1, -0.05) is 23.7 Å². The summed E-state index contributed by atoms with van der Waals surface area (Å²) >= 11 is 7.59. The van der Waals surface area contributed by atoms with Gasteiger partial charge < -0.3 is 5.73 Å². The zero-order chi connectivity index (χ0) is 12.7. The lowest BCUT2D eigenvalue weighted by atomic mass is 10.2. The largest absolute Gasteiger partial charge is 0.398 e. The summed E-state index contributed by atoms with van der Waals surface area (Å²) in [5, 5.41) is 1.55. The van der Waals surface area contributed by atoms with Gasteiger partial charge in [-0.05, 0) is 36.8 Å². The van der Waals surface area contributed by atoms with Crippen molar-refractivity contribution in [1.82, 2.24) is 4.98 Å². The summed E-state index contributed by atoms with van der Waals surface area (Å²) in [7, 11) is 0. The van der Waals surface area contributed by atoms with Crippen molar-refractivity contribution >= 4 is 38.8 Å². The highest BCUT2D eigenvalue weighted by Gasteiger charge is 2.07. The molecule has 2 aromatic carbocycles. The van der Waals surface area contributed by atoms with Crippen molar-refractivity contribution in [3.63, 3.8) is 0 Å². The molecule has 0 amide bonds. The van der Waals surface area contributed by atoms with Crippen molar-refractivity contribution in [2.45, 2.75) is 6.92 Å². The van der Waals surface area contributed by atoms with Crippen LogP contribution in [0.3, 0.4) is 0 Å². The van der Waals surface area contributed by atoms with Gasteiger partial charge in [-0.25, -0.2) is 4.98 Å². The second-order valence-electron chi connectivity index (χ2n) is 4.23. The summed E-state index contributed by atoms with van der Waals surface area (Å²) < 4.78 is 1.19. The zero-order valence-corrected chi connectivity index (χ0v) is 11.3. The number of fused-ring (bicyclic) bond motifs is 1. The van der Waals surface area contributed by atoms with Gasteiger partial charge in [-0.3, -0.25) is 0 Å². The first-order chi connectivity index (χ1) is 8.63. The SMILES string of the molecule is Cc1ccc2nc(-c3ccc(Cl)c(N)c3)sc2c1. The zero-order valence-electron chi connectivity index (χ0n) is 9.77. The number of nitrogens with two attached hydrogens (primary N) is 1. The van der Waals surface area contributed by atoms with Crippen LogP contribution in [0.4, 0.5) is 5.69 Å². The molecule has 0 aliphatic rings. The first-order valence-corrected chi connectivity index (χ1v) is 6.75. The number of hydrogen-bond acceptors (Lipinski definition) is 3. The van der Waals surface area contributed by atoms with E-state index in [1.807, 2.05) is 24.3 Å². The number of thiazole rings is 1. The third-order valence-corrected chi connectivity index (χ3v) is 4.20. The van der Waals surface area contributed by atoms with Gasteiger partial charge in [0.25, 0.3) is 0 Å². The number of nitrogens with zero attached hydrogens (tertiary/aromatic N) is 1. The third-order valence-electron chi connectivity index (χ3n) is 2.79. The maximum atomic E-state index is 5.93. The van der Waals surface area contributed by atoms with Crippen LogP contribution in [-0.2, 0) is 0 Å². The average Bonchev–Trinajstić information content (AvgIpc) is 2.75. The minimum Gasteiger partial charge on any atom is -0.398 e. The van der Waals surface area contributed by atoms with Crippen molar-refractivity contribution in [3.8, 4) is 10.6 Å². The molecule has 1 aromatic heterocycles. The number of aryl methyl sites for hydroxylation is 1. The molecule has 2 N–H and O–H groups in total. The molecule has 0 atom stereocenters. The van der Waals surface area contributed by atoms with Gasteiger partial charge in [0, 0.05) is 5.56 Å². The molecule has 3 aromatic rings. The fourth-order valence-electron chi connectivity index (χ4n) is 1.83. The summed E-state index contributed by atoms with van der Waals surface area (Å²) in [5.41, 5.74) is 9.68. The second kappa shape index (κ2) is 4.26. The molecule has 90 valence electrons. The molecule has 0 fully saturated rings. The highest BCUT2D eigenvalue weighted by Crippen LogP contribution is 2.33. The normalized spacial score (nSPS) is 11.0. The van der Waals surface area contributed by atoms with Gasteiger partial charge in [-0.15, -0.1) is 11.3 Å². The third kappa shape index (κ3) is 1.96. The summed E-state index contributed by atoms with van der Waals surface area (Å²) in [6.07, 6.45) is 0. The van der Waals surface area contributed by atoms with E-state index in [1.54, 1.807) is 11.3 Å². The van der Waals surface area contributed by atoms with Crippen LogP contribution in [0.1, 0.15) is 5.56 Å². The van der Waals surface area contributed by atoms with E-state index in [9.17, 15) is 0 Å². The topological polar surface area (TPSA) is 38.9 Å². The molecule has 0 unspecified atom stereocenters. The van der Waals surface area contributed by atoms with E-state index in [0.29, 0.717) is 10.7 Å². The van der Waals surface area contributed by atoms with Crippen LogP contribution < -0.4 is 5.73 Å².